The van der Waals surface area contributed by atoms with Crippen molar-refractivity contribution in [2.75, 3.05) is 6.54 Å². The Hall–Kier alpha value is -4.12. The number of carbonyl (C=O) groups is 2. The Morgan fingerprint density at radius 3 is 2.59 bits per heavy atom. The van der Waals surface area contributed by atoms with Gasteiger partial charge in [0.05, 0.1) is 23.3 Å². The van der Waals surface area contributed by atoms with Gasteiger partial charge in [-0.05, 0) is 24.3 Å². The number of nitriles is 1. The second-order valence-corrected chi connectivity index (χ2v) is 6.25. The number of benzene rings is 2. The van der Waals surface area contributed by atoms with Crippen molar-refractivity contribution in [3.05, 3.63) is 66.8 Å². The Labute approximate surface area is 166 Å². The minimum absolute atomic E-state index is 0.162. The van der Waals surface area contributed by atoms with Crippen LogP contribution in [0.5, 0.6) is 0 Å². The summed E-state index contributed by atoms with van der Waals surface area (Å²) < 4.78 is 1.85. The first-order valence-electron chi connectivity index (χ1n) is 8.87. The number of rotatable bonds is 6. The topological polar surface area (TPSA) is 119 Å². The molecule has 29 heavy (non-hydrogen) atoms. The molecule has 0 aliphatic carbocycles. The molecule has 8 heteroatoms. The summed E-state index contributed by atoms with van der Waals surface area (Å²) in [7, 11) is 0. The molecular formula is C21H18N4O4. The molecule has 1 aromatic heterocycles. The quantitative estimate of drug-likeness (QED) is 0.476. The highest BCUT2D eigenvalue weighted by atomic mass is 16.4. The van der Waals surface area contributed by atoms with Gasteiger partial charge >= 0.3 is 12.2 Å². The van der Waals surface area contributed by atoms with Gasteiger partial charge in [0.25, 0.3) is 0 Å². The zero-order valence-corrected chi connectivity index (χ0v) is 15.4. The highest BCUT2D eigenvalue weighted by Crippen LogP contribution is 2.23. The average Bonchev–Trinajstić information content (AvgIpc) is 3.19. The van der Waals surface area contributed by atoms with Crippen molar-refractivity contribution in [2.45, 2.75) is 12.8 Å². The number of carboxylic acid groups (broad SMARTS) is 2. The van der Waals surface area contributed by atoms with Crippen LogP contribution in [0.1, 0.15) is 18.5 Å². The summed E-state index contributed by atoms with van der Waals surface area (Å²) in [6, 6.07) is 16.0. The van der Waals surface area contributed by atoms with E-state index in [9.17, 15) is 14.9 Å². The van der Waals surface area contributed by atoms with Gasteiger partial charge in [-0.2, -0.15) is 5.26 Å². The fourth-order valence-corrected chi connectivity index (χ4v) is 3.00. The number of aromatic nitrogens is 2. The van der Waals surface area contributed by atoms with E-state index < -0.39 is 12.2 Å². The van der Waals surface area contributed by atoms with Crippen LogP contribution in [-0.4, -0.2) is 43.4 Å². The van der Waals surface area contributed by atoms with E-state index >= 15 is 0 Å². The monoisotopic (exact) mass is 390 g/mol. The molecule has 0 bridgehead atoms. The largest absolute Gasteiger partial charge is 0.465 e. The third-order valence-corrected chi connectivity index (χ3v) is 4.42. The van der Waals surface area contributed by atoms with Crippen LogP contribution in [0.2, 0.25) is 0 Å². The fourth-order valence-electron chi connectivity index (χ4n) is 3.00. The third kappa shape index (κ3) is 4.42. The van der Waals surface area contributed by atoms with Crippen LogP contribution >= 0.6 is 0 Å². The predicted molar refractivity (Wildman–Crippen MR) is 107 cm³/mol. The van der Waals surface area contributed by atoms with Gasteiger partial charge in [-0.15, -0.1) is 0 Å². The van der Waals surface area contributed by atoms with Gasteiger partial charge < -0.3 is 14.8 Å². The zero-order valence-electron chi connectivity index (χ0n) is 15.4. The van der Waals surface area contributed by atoms with Crippen molar-refractivity contribution in [2.24, 2.45) is 0 Å². The number of fused-ring (bicyclic) bond motifs is 1. The van der Waals surface area contributed by atoms with E-state index in [0.29, 0.717) is 22.6 Å². The molecule has 0 saturated carbocycles. The number of allylic oxidation sites excluding steroid dienone is 2. The van der Waals surface area contributed by atoms with E-state index in [2.05, 4.69) is 11.1 Å². The van der Waals surface area contributed by atoms with Gasteiger partial charge in [-0.3, -0.25) is 0 Å². The number of nitrogens with zero attached hydrogens (tertiary/aromatic N) is 4. The maximum absolute atomic E-state index is 10.8. The minimum atomic E-state index is -1.52. The molecule has 3 rings (SSSR count). The van der Waals surface area contributed by atoms with E-state index in [1.165, 1.54) is 0 Å². The molecule has 3 aromatic rings. The van der Waals surface area contributed by atoms with Crippen molar-refractivity contribution in [3.63, 3.8) is 0 Å². The maximum Gasteiger partial charge on any atom is 0.416 e. The summed E-state index contributed by atoms with van der Waals surface area (Å²) in [5, 5.41) is 29.3. The number of imidazole rings is 1. The van der Waals surface area contributed by atoms with Crippen LogP contribution < -0.4 is 0 Å². The van der Waals surface area contributed by atoms with Crippen LogP contribution in [0.25, 0.3) is 22.0 Å². The zero-order chi connectivity index (χ0) is 20.8. The second kappa shape index (κ2) is 8.71. The molecule has 0 aliphatic heterocycles. The molecule has 1 heterocycles. The molecule has 0 aliphatic rings. The smallest absolute Gasteiger partial charge is 0.416 e. The van der Waals surface area contributed by atoms with Crippen LogP contribution in [-0.2, 0) is 0 Å². The van der Waals surface area contributed by atoms with E-state index in [0.717, 1.165) is 16.5 Å². The average molecular weight is 390 g/mol. The molecule has 0 atom stereocenters. The second-order valence-electron chi connectivity index (χ2n) is 6.25. The predicted octanol–water partition coefficient (Wildman–Crippen LogP) is 4.37. The van der Waals surface area contributed by atoms with Crippen LogP contribution in [0.3, 0.4) is 0 Å². The minimum Gasteiger partial charge on any atom is -0.465 e. The molecule has 2 amide bonds. The van der Waals surface area contributed by atoms with E-state index in [1.54, 1.807) is 18.6 Å². The van der Waals surface area contributed by atoms with Crippen molar-refractivity contribution in [3.8, 4) is 11.8 Å². The number of amides is 2. The van der Waals surface area contributed by atoms with E-state index in [-0.39, 0.29) is 13.0 Å². The Balaban J connectivity index is 1.76. The Morgan fingerprint density at radius 2 is 1.86 bits per heavy atom. The molecule has 2 aromatic carbocycles. The van der Waals surface area contributed by atoms with Gasteiger partial charge in [0, 0.05) is 18.1 Å². The van der Waals surface area contributed by atoms with E-state index in [4.69, 9.17) is 10.2 Å². The maximum atomic E-state index is 10.8. The highest BCUT2D eigenvalue weighted by molar-refractivity contribution is 5.90. The lowest BCUT2D eigenvalue weighted by molar-refractivity contribution is 0.122. The Kier molecular flexibility index (Phi) is 5.90. The van der Waals surface area contributed by atoms with Gasteiger partial charge in [0.1, 0.15) is 6.07 Å². The molecule has 2 N–H and O–H groups in total. The number of imide groups is 1. The van der Waals surface area contributed by atoms with Crippen LogP contribution in [0.4, 0.5) is 9.59 Å². The molecule has 8 nitrogen and oxygen atoms in total. The molecule has 0 spiro atoms. The van der Waals surface area contributed by atoms with Gasteiger partial charge in [-0.25, -0.2) is 19.5 Å². The summed E-state index contributed by atoms with van der Waals surface area (Å²) in [4.78, 5) is 26.3. The molecule has 0 fully saturated rings. The molecule has 146 valence electrons. The number of unbranched alkanes of at least 4 members (excludes halogenated alkanes) is 1. The highest BCUT2D eigenvalue weighted by Gasteiger charge is 2.18. The fraction of sp³-hybridized carbons (Fsp3) is 0.143. The third-order valence-electron chi connectivity index (χ3n) is 4.42. The van der Waals surface area contributed by atoms with Gasteiger partial charge in [-0.1, -0.05) is 42.5 Å². The first-order valence-corrected chi connectivity index (χ1v) is 8.87. The Morgan fingerprint density at radius 1 is 1.14 bits per heavy atom. The van der Waals surface area contributed by atoms with E-state index in [1.807, 2.05) is 47.0 Å². The van der Waals surface area contributed by atoms with Crippen LogP contribution in [0, 0.1) is 11.3 Å². The standard InChI is InChI=1S/C21H18N4O4/c22-12-16(7-3-4-11-25(20(26)27)21(28)29)18-13-24(14-23-18)19-10-5-8-15-6-1-2-9-17(15)19/h1-2,5-10,13-14H,3-4,11H2,(H,26,27)(H,28,29)/b16-7+. The van der Waals surface area contributed by atoms with Gasteiger partial charge in [0.2, 0.25) is 0 Å². The lowest BCUT2D eigenvalue weighted by Gasteiger charge is -2.11. The number of hydrogen-bond donors (Lipinski definition) is 2. The van der Waals surface area contributed by atoms with Crippen molar-refractivity contribution < 1.29 is 19.8 Å². The summed E-state index contributed by atoms with van der Waals surface area (Å²) in [5.74, 6) is 0. The summed E-state index contributed by atoms with van der Waals surface area (Å²) in [6.45, 7) is -0.162. The lowest BCUT2D eigenvalue weighted by atomic mass is 10.1. The Bertz CT molecular complexity index is 1110. The first kappa shape index (κ1) is 19.6. The molecule has 0 saturated heterocycles. The van der Waals surface area contributed by atoms with Crippen molar-refractivity contribution in [1.29, 1.82) is 5.26 Å². The summed E-state index contributed by atoms with van der Waals surface area (Å²) in [5.41, 5.74) is 1.78. The molecular weight excluding hydrogens is 372 g/mol. The normalized spacial score (nSPS) is 11.2. The molecule has 0 unspecified atom stereocenters. The first-order chi connectivity index (χ1) is 14.0. The SMILES string of the molecule is N#C/C(=C\CCCN(C(=O)O)C(=O)O)c1cn(-c2cccc3ccccc23)cn1. The van der Waals surface area contributed by atoms with Crippen molar-refractivity contribution >= 4 is 28.5 Å². The van der Waals surface area contributed by atoms with Crippen molar-refractivity contribution in [1.82, 2.24) is 14.5 Å². The van der Waals surface area contributed by atoms with Gasteiger partial charge in [0.15, 0.2) is 0 Å². The summed E-state index contributed by atoms with van der Waals surface area (Å²) in [6.07, 6.45) is 2.62. The summed E-state index contributed by atoms with van der Waals surface area (Å²) >= 11 is 0. The van der Waals surface area contributed by atoms with Crippen LogP contribution in [0.15, 0.2) is 61.1 Å². The molecule has 0 radical (unpaired) electrons. The lowest BCUT2D eigenvalue weighted by Crippen LogP contribution is -2.35. The number of hydrogen-bond acceptors (Lipinski definition) is 4.